The summed E-state index contributed by atoms with van der Waals surface area (Å²) in [5.74, 6) is -0.0764. The van der Waals surface area contributed by atoms with Gasteiger partial charge in [-0.15, -0.1) is 0 Å². The number of carbonyl (C=O) groups is 2. The first-order valence-corrected chi connectivity index (χ1v) is 10.8. The molecule has 0 saturated carbocycles. The van der Waals surface area contributed by atoms with Gasteiger partial charge in [0.25, 0.3) is 0 Å². The summed E-state index contributed by atoms with van der Waals surface area (Å²) in [7, 11) is 0. The fraction of sp³-hybridized carbons (Fsp3) is 0.292. The van der Waals surface area contributed by atoms with Crippen LogP contribution >= 0.6 is 0 Å². The van der Waals surface area contributed by atoms with Crippen molar-refractivity contribution >= 4 is 23.3 Å². The molecule has 166 valence electrons. The van der Waals surface area contributed by atoms with E-state index in [0.717, 1.165) is 30.7 Å². The Bertz CT molecular complexity index is 1030. The summed E-state index contributed by atoms with van der Waals surface area (Å²) in [6.45, 7) is 1.27. The molecule has 3 aromatic rings. The minimum Gasteiger partial charge on any atom is -0.376 e. The molecule has 32 heavy (non-hydrogen) atoms. The van der Waals surface area contributed by atoms with Gasteiger partial charge < -0.3 is 20.7 Å². The van der Waals surface area contributed by atoms with Gasteiger partial charge in [0.05, 0.1) is 18.0 Å². The van der Waals surface area contributed by atoms with Gasteiger partial charge in [-0.3, -0.25) is 4.79 Å². The molecule has 8 heteroatoms. The minimum atomic E-state index is -0.270. The van der Waals surface area contributed by atoms with Gasteiger partial charge in [-0.2, -0.15) is 5.10 Å². The second-order valence-electron chi connectivity index (χ2n) is 7.72. The van der Waals surface area contributed by atoms with E-state index in [1.807, 2.05) is 36.5 Å². The number of hydrogen-bond acceptors (Lipinski definition) is 4. The van der Waals surface area contributed by atoms with E-state index in [9.17, 15) is 9.59 Å². The predicted octanol–water partition coefficient (Wildman–Crippen LogP) is 3.74. The number of hydrogen-bond donors (Lipinski definition) is 3. The molecule has 0 aliphatic carbocycles. The van der Waals surface area contributed by atoms with Crippen molar-refractivity contribution in [1.82, 2.24) is 15.1 Å². The van der Waals surface area contributed by atoms with Crippen LogP contribution in [0.5, 0.6) is 0 Å². The molecular weight excluding hydrogens is 406 g/mol. The number of ether oxygens (including phenoxy) is 1. The van der Waals surface area contributed by atoms with Gasteiger partial charge in [0.15, 0.2) is 0 Å². The molecule has 1 aliphatic rings. The molecule has 3 N–H and O–H groups in total. The zero-order chi connectivity index (χ0) is 22.2. The third-order valence-electron chi connectivity index (χ3n) is 5.24. The van der Waals surface area contributed by atoms with Crippen LogP contribution in [0.1, 0.15) is 24.8 Å². The third-order valence-corrected chi connectivity index (χ3v) is 5.24. The number of benzene rings is 2. The van der Waals surface area contributed by atoms with Crippen LogP contribution in [0.4, 0.5) is 16.2 Å². The lowest BCUT2D eigenvalue weighted by Crippen LogP contribution is -2.35. The Hall–Kier alpha value is -3.65. The van der Waals surface area contributed by atoms with Gasteiger partial charge in [0, 0.05) is 37.1 Å². The van der Waals surface area contributed by atoms with E-state index in [2.05, 4.69) is 21.0 Å². The van der Waals surface area contributed by atoms with Crippen molar-refractivity contribution in [2.45, 2.75) is 31.8 Å². The van der Waals surface area contributed by atoms with Crippen molar-refractivity contribution in [3.05, 3.63) is 72.6 Å². The van der Waals surface area contributed by atoms with Crippen molar-refractivity contribution in [3.63, 3.8) is 0 Å². The zero-order valence-electron chi connectivity index (χ0n) is 17.8. The van der Waals surface area contributed by atoms with Gasteiger partial charge in [-0.1, -0.05) is 18.2 Å². The lowest BCUT2D eigenvalue weighted by molar-refractivity contribution is -0.116. The molecule has 1 unspecified atom stereocenters. The third kappa shape index (κ3) is 6.18. The van der Waals surface area contributed by atoms with Gasteiger partial charge in [-0.05, 0) is 61.2 Å². The summed E-state index contributed by atoms with van der Waals surface area (Å²) in [5.41, 5.74) is 3.32. The molecule has 1 atom stereocenters. The smallest absolute Gasteiger partial charge is 0.319 e. The summed E-state index contributed by atoms with van der Waals surface area (Å²) in [5, 5.41) is 12.8. The first-order valence-electron chi connectivity index (χ1n) is 10.8. The number of aryl methyl sites for hydroxylation is 1. The van der Waals surface area contributed by atoms with Gasteiger partial charge >= 0.3 is 6.03 Å². The van der Waals surface area contributed by atoms with Crippen molar-refractivity contribution in [2.75, 3.05) is 23.8 Å². The average Bonchev–Trinajstić information content (AvgIpc) is 3.51. The van der Waals surface area contributed by atoms with E-state index in [1.54, 1.807) is 35.1 Å². The SMILES string of the molecule is O=C(CCc1cnn(-c2ccccc2)c1)Nc1ccc(NC(=O)NCC2CCCO2)cc1. The Kier molecular flexibility index (Phi) is 7.14. The van der Waals surface area contributed by atoms with Crippen LogP contribution in [-0.2, 0) is 16.0 Å². The standard InChI is InChI=1S/C24H27N5O3/c30-23(13-8-18-15-26-29(17-18)21-5-2-1-3-6-21)27-19-9-11-20(12-10-19)28-24(31)25-16-22-7-4-14-32-22/h1-3,5-6,9-12,15,17,22H,4,7-8,13-14,16H2,(H,27,30)(H2,25,28,31). The molecule has 0 radical (unpaired) electrons. The predicted molar refractivity (Wildman–Crippen MR) is 123 cm³/mol. The number of carbonyl (C=O) groups excluding carboxylic acids is 2. The highest BCUT2D eigenvalue weighted by Crippen LogP contribution is 2.15. The minimum absolute atomic E-state index is 0.0764. The van der Waals surface area contributed by atoms with Crippen LogP contribution < -0.4 is 16.0 Å². The highest BCUT2D eigenvalue weighted by atomic mass is 16.5. The molecular formula is C24H27N5O3. The molecule has 1 fully saturated rings. The highest BCUT2D eigenvalue weighted by molar-refractivity contribution is 5.92. The van der Waals surface area contributed by atoms with Crippen molar-refractivity contribution in [3.8, 4) is 5.69 Å². The quantitative estimate of drug-likeness (QED) is 0.504. The number of urea groups is 1. The van der Waals surface area contributed by atoms with E-state index in [4.69, 9.17) is 4.74 Å². The van der Waals surface area contributed by atoms with Crippen molar-refractivity contribution in [2.24, 2.45) is 0 Å². The van der Waals surface area contributed by atoms with Gasteiger partial charge in [-0.25, -0.2) is 9.48 Å². The molecule has 0 bridgehead atoms. The van der Waals surface area contributed by atoms with E-state index in [0.29, 0.717) is 30.8 Å². The Labute approximate surface area is 187 Å². The van der Waals surface area contributed by atoms with Crippen LogP contribution in [0.3, 0.4) is 0 Å². The second kappa shape index (κ2) is 10.6. The van der Waals surface area contributed by atoms with E-state index in [-0.39, 0.29) is 18.0 Å². The van der Waals surface area contributed by atoms with Crippen LogP contribution in [0.2, 0.25) is 0 Å². The lowest BCUT2D eigenvalue weighted by Gasteiger charge is -2.12. The molecule has 8 nitrogen and oxygen atoms in total. The number of amides is 3. The van der Waals surface area contributed by atoms with E-state index < -0.39 is 0 Å². The molecule has 1 aromatic heterocycles. The van der Waals surface area contributed by atoms with Gasteiger partial charge in [0.1, 0.15) is 0 Å². The number of nitrogens with one attached hydrogen (secondary N) is 3. The first-order chi connectivity index (χ1) is 15.7. The van der Waals surface area contributed by atoms with Crippen LogP contribution in [0.25, 0.3) is 5.69 Å². The number of nitrogens with zero attached hydrogens (tertiary/aromatic N) is 2. The molecule has 2 aromatic carbocycles. The van der Waals surface area contributed by atoms with Crippen LogP contribution in [0.15, 0.2) is 67.0 Å². The van der Waals surface area contributed by atoms with E-state index >= 15 is 0 Å². The second-order valence-corrected chi connectivity index (χ2v) is 7.72. The molecule has 1 saturated heterocycles. The van der Waals surface area contributed by atoms with Crippen molar-refractivity contribution in [1.29, 1.82) is 0 Å². The van der Waals surface area contributed by atoms with Crippen molar-refractivity contribution < 1.29 is 14.3 Å². The molecule has 3 amide bonds. The fourth-order valence-electron chi connectivity index (χ4n) is 3.52. The highest BCUT2D eigenvalue weighted by Gasteiger charge is 2.16. The maximum Gasteiger partial charge on any atom is 0.319 e. The largest absolute Gasteiger partial charge is 0.376 e. The monoisotopic (exact) mass is 433 g/mol. The first kappa shape index (κ1) is 21.6. The maximum atomic E-state index is 12.3. The maximum absolute atomic E-state index is 12.3. The van der Waals surface area contributed by atoms with Crippen LogP contribution in [-0.4, -0.2) is 41.0 Å². The Morgan fingerprint density at radius 2 is 1.78 bits per heavy atom. The number of rotatable bonds is 8. The fourth-order valence-corrected chi connectivity index (χ4v) is 3.52. The van der Waals surface area contributed by atoms with Crippen LogP contribution in [0, 0.1) is 0 Å². The molecule has 2 heterocycles. The number of para-hydroxylation sites is 1. The summed E-state index contributed by atoms with van der Waals surface area (Å²) in [4.78, 5) is 24.3. The lowest BCUT2D eigenvalue weighted by atomic mass is 10.2. The Balaban J connectivity index is 1.20. The molecule has 4 rings (SSSR count). The summed E-state index contributed by atoms with van der Waals surface area (Å²) in [6.07, 6.45) is 6.79. The number of aromatic nitrogens is 2. The molecule has 1 aliphatic heterocycles. The van der Waals surface area contributed by atoms with E-state index in [1.165, 1.54) is 0 Å². The molecule has 0 spiro atoms. The number of anilines is 2. The summed E-state index contributed by atoms with van der Waals surface area (Å²) in [6, 6.07) is 16.6. The Morgan fingerprint density at radius 3 is 2.50 bits per heavy atom. The average molecular weight is 434 g/mol. The Morgan fingerprint density at radius 1 is 1.03 bits per heavy atom. The zero-order valence-corrected chi connectivity index (χ0v) is 17.8. The normalized spacial score (nSPS) is 15.3. The summed E-state index contributed by atoms with van der Waals surface area (Å²) >= 11 is 0. The topological polar surface area (TPSA) is 97.3 Å². The summed E-state index contributed by atoms with van der Waals surface area (Å²) < 4.78 is 7.29. The van der Waals surface area contributed by atoms with Gasteiger partial charge in [0.2, 0.25) is 5.91 Å².